The number of benzene rings is 1. The number of carbonyl (C=O) groups is 1. The Morgan fingerprint density at radius 1 is 1.30 bits per heavy atom. The summed E-state index contributed by atoms with van der Waals surface area (Å²) in [4.78, 5) is 16.3. The molecule has 0 atom stereocenters. The van der Waals surface area contributed by atoms with Crippen LogP contribution in [0, 0.1) is 6.92 Å². The minimum atomic E-state index is -0.0554. The normalized spacial score (nSPS) is 11.6. The first-order valence-electron chi connectivity index (χ1n) is 8.85. The van der Waals surface area contributed by atoms with Crippen molar-refractivity contribution < 1.29 is 9.32 Å². The van der Waals surface area contributed by atoms with Gasteiger partial charge in [-0.2, -0.15) is 0 Å². The third-order valence-corrected chi connectivity index (χ3v) is 4.42. The van der Waals surface area contributed by atoms with Gasteiger partial charge in [0.1, 0.15) is 0 Å². The van der Waals surface area contributed by atoms with Gasteiger partial charge in [-0.05, 0) is 36.6 Å². The highest BCUT2D eigenvalue weighted by Gasteiger charge is 2.09. The highest BCUT2D eigenvalue weighted by molar-refractivity contribution is 9.10. The van der Waals surface area contributed by atoms with E-state index in [2.05, 4.69) is 55.9 Å². The predicted molar refractivity (Wildman–Crippen MR) is 111 cm³/mol. The number of amides is 1. The molecule has 0 saturated carbocycles. The number of rotatable bonds is 7. The minimum absolute atomic E-state index is 0.0554. The van der Waals surface area contributed by atoms with E-state index in [1.165, 1.54) is 0 Å². The SMILES string of the molecule is CN=C(NCCC(=O)Nc1ccc(Br)cc1C)NCc1cc(C(C)C)no1. The molecule has 0 bridgehead atoms. The summed E-state index contributed by atoms with van der Waals surface area (Å²) in [7, 11) is 1.68. The number of guanidine groups is 1. The van der Waals surface area contributed by atoms with Gasteiger partial charge in [-0.25, -0.2) is 0 Å². The molecule has 1 aromatic heterocycles. The second-order valence-corrected chi connectivity index (χ2v) is 7.40. The molecule has 0 fully saturated rings. The second kappa shape index (κ2) is 10.1. The lowest BCUT2D eigenvalue weighted by molar-refractivity contribution is -0.116. The molecule has 0 unspecified atom stereocenters. The van der Waals surface area contributed by atoms with Crippen LogP contribution >= 0.6 is 15.9 Å². The molecule has 3 N–H and O–H groups in total. The van der Waals surface area contributed by atoms with Crippen LogP contribution in [0.3, 0.4) is 0 Å². The van der Waals surface area contributed by atoms with Crippen molar-refractivity contribution >= 4 is 33.5 Å². The van der Waals surface area contributed by atoms with Crippen molar-refractivity contribution in [2.45, 2.75) is 39.7 Å². The maximum absolute atomic E-state index is 12.1. The monoisotopic (exact) mass is 435 g/mol. The summed E-state index contributed by atoms with van der Waals surface area (Å²) in [6.07, 6.45) is 0.329. The first kappa shape index (κ1) is 21.0. The molecule has 0 saturated heterocycles. The molecule has 2 rings (SSSR count). The molecule has 2 aromatic rings. The molecule has 0 aliphatic carbocycles. The molecule has 0 aliphatic heterocycles. The van der Waals surface area contributed by atoms with Gasteiger partial charge < -0.3 is 20.5 Å². The van der Waals surface area contributed by atoms with Gasteiger partial charge in [0.2, 0.25) is 5.91 Å². The Morgan fingerprint density at radius 3 is 2.70 bits per heavy atom. The number of aliphatic imine (C=N–C) groups is 1. The van der Waals surface area contributed by atoms with E-state index in [4.69, 9.17) is 4.52 Å². The molecule has 0 aliphatic rings. The van der Waals surface area contributed by atoms with E-state index in [1.54, 1.807) is 7.05 Å². The second-order valence-electron chi connectivity index (χ2n) is 6.48. The zero-order chi connectivity index (χ0) is 19.8. The van der Waals surface area contributed by atoms with E-state index < -0.39 is 0 Å². The van der Waals surface area contributed by atoms with Gasteiger partial charge in [0.15, 0.2) is 11.7 Å². The Labute approximate surface area is 168 Å². The number of anilines is 1. The number of nitrogens with one attached hydrogen (secondary N) is 3. The lowest BCUT2D eigenvalue weighted by atomic mass is 10.1. The minimum Gasteiger partial charge on any atom is -0.359 e. The van der Waals surface area contributed by atoms with E-state index in [9.17, 15) is 4.79 Å². The highest BCUT2D eigenvalue weighted by atomic mass is 79.9. The molecule has 1 heterocycles. The van der Waals surface area contributed by atoms with Crippen LogP contribution in [-0.4, -0.2) is 30.6 Å². The third-order valence-electron chi connectivity index (χ3n) is 3.93. The van der Waals surface area contributed by atoms with Crippen molar-refractivity contribution in [3.05, 3.63) is 45.8 Å². The Bertz CT molecular complexity index is 801. The smallest absolute Gasteiger partial charge is 0.226 e. The van der Waals surface area contributed by atoms with Crippen LogP contribution < -0.4 is 16.0 Å². The van der Waals surface area contributed by atoms with Gasteiger partial charge in [-0.1, -0.05) is 34.9 Å². The quantitative estimate of drug-likeness (QED) is 0.456. The van der Waals surface area contributed by atoms with Crippen LogP contribution in [0.5, 0.6) is 0 Å². The van der Waals surface area contributed by atoms with Crippen molar-refractivity contribution in [2.24, 2.45) is 4.99 Å². The number of hydrogen-bond donors (Lipinski definition) is 3. The van der Waals surface area contributed by atoms with Crippen molar-refractivity contribution in [1.29, 1.82) is 0 Å². The fraction of sp³-hybridized carbons (Fsp3) is 0.421. The molecule has 8 heteroatoms. The Morgan fingerprint density at radius 2 is 2.07 bits per heavy atom. The van der Waals surface area contributed by atoms with Gasteiger partial charge in [-0.3, -0.25) is 9.79 Å². The zero-order valence-corrected chi connectivity index (χ0v) is 17.7. The zero-order valence-electron chi connectivity index (χ0n) is 16.1. The number of hydrogen-bond acceptors (Lipinski definition) is 4. The van der Waals surface area contributed by atoms with Crippen molar-refractivity contribution in [1.82, 2.24) is 15.8 Å². The first-order chi connectivity index (χ1) is 12.9. The molecular weight excluding hydrogens is 410 g/mol. The van der Waals surface area contributed by atoms with Crippen LogP contribution in [0.1, 0.15) is 43.2 Å². The van der Waals surface area contributed by atoms with Crippen molar-refractivity contribution in [2.75, 3.05) is 18.9 Å². The number of carbonyl (C=O) groups excluding carboxylic acids is 1. The Kier molecular flexibility index (Phi) is 7.84. The Balaban J connectivity index is 1.74. The number of halogens is 1. The highest BCUT2D eigenvalue weighted by Crippen LogP contribution is 2.20. The maximum Gasteiger partial charge on any atom is 0.226 e. The van der Waals surface area contributed by atoms with E-state index in [-0.39, 0.29) is 5.91 Å². The van der Waals surface area contributed by atoms with E-state index >= 15 is 0 Å². The molecule has 1 amide bonds. The van der Waals surface area contributed by atoms with Crippen LogP contribution in [0.4, 0.5) is 5.69 Å². The molecule has 27 heavy (non-hydrogen) atoms. The molecule has 1 aromatic carbocycles. The van der Waals surface area contributed by atoms with Crippen LogP contribution in [0.25, 0.3) is 0 Å². The van der Waals surface area contributed by atoms with Gasteiger partial charge in [0, 0.05) is 36.2 Å². The van der Waals surface area contributed by atoms with Gasteiger partial charge in [0.25, 0.3) is 0 Å². The van der Waals surface area contributed by atoms with Crippen LogP contribution in [0.2, 0.25) is 0 Å². The topological polar surface area (TPSA) is 91.5 Å². The summed E-state index contributed by atoms with van der Waals surface area (Å²) >= 11 is 3.41. The Hall–Kier alpha value is -2.35. The predicted octanol–water partition coefficient (Wildman–Crippen LogP) is 3.56. The summed E-state index contributed by atoms with van der Waals surface area (Å²) in [5, 5.41) is 13.2. The lowest BCUT2D eigenvalue weighted by Gasteiger charge is -2.12. The number of aromatic nitrogens is 1. The average molecular weight is 436 g/mol. The fourth-order valence-electron chi connectivity index (χ4n) is 2.35. The average Bonchev–Trinajstić information content (AvgIpc) is 3.09. The van der Waals surface area contributed by atoms with Gasteiger partial charge >= 0.3 is 0 Å². The van der Waals surface area contributed by atoms with Gasteiger partial charge in [0.05, 0.1) is 12.2 Å². The summed E-state index contributed by atoms with van der Waals surface area (Å²) in [6, 6.07) is 7.68. The van der Waals surface area contributed by atoms with E-state index in [0.29, 0.717) is 31.4 Å². The van der Waals surface area contributed by atoms with Crippen LogP contribution in [0.15, 0.2) is 38.3 Å². The fourth-order valence-corrected chi connectivity index (χ4v) is 2.83. The summed E-state index contributed by atoms with van der Waals surface area (Å²) in [6.45, 7) is 7.03. The summed E-state index contributed by atoms with van der Waals surface area (Å²) < 4.78 is 6.27. The largest absolute Gasteiger partial charge is 0.359 e. The third kappa shape index (κ3) is 6.71. The number of nitrogens with zero attached hydrogens (tertiary/aromatic N) is 2. The molecule has 0 radical (unpaired) electrons. The number of aryl methyl sites for hydroxylation is 1. The maximum atomic E-state index is 12.1. The van der Waals surface area contributed by atoms with E-state index in [0.717, 1.165) is 27.2 Å². The first-order valence-corrected chi connectivity index (χ1v) is 9.64. The molecule has 146 valence electrons. The summed E-state index contributed by atoms with van der Waals surface area (Å²) in [5.74, 6) is 1.61. The molecular formula is C19H26BrN5O2. The van der Waals surface area contributed by atoms with Gasteiger partial charge in [-0.15, -0.1) is 0 Å². The molecule has 0 spiro atoms. The van der Waals surface area contributed by atoms with Crippen LogP contribution in [-0.2, 0) is 11.3 Å². The van der Waals surface area contributed by atoms with Crippen molar-refractivity contribution in [3.8, 4) is 0 Å². The van der Waals surface area contributed by atoms with Crippen molar-refractivity contribution in [3.63, 3.8) is 0 Å². The lowest BCUT2D eigenvalue weighted by Crippen LogP contribution is -2.38. The standard InChI is InChI=1S/C19H26BrN5O2/c1-12(2)17-10-15(27-25-17)11-23-19(21-4)22-8-7-18(26)24-16-6-5-14(20)9-13(16)3/h5-6,9-10,12H,7-8,11H2,1-4H3,(H,24,26)(H2,21,22,23). The summed E-state index contributed by atoms with van der Waals surface area (Å²) in [5.41, 5.74) is 2.75. The molecule has 7 nitrogen and oxygen atoms in total. The van der Waals surface area contributed by atoms with E-state index in [1.807, 2.05) is 31.2 Å².